The Morgan fingerprint density at radius 3 is 2.87 bits per heavy atom. The Morgan fingerprint density at radius 1 is 1.35 bits per heavy atom. The van der Waals surface area contributed by atoms with Crippen molar-refractivity contribution in [2.45, 2.75) is 26.1 Å². The molecule has 0 bridgehead atoms. The molecule has 0 aliphatic heterocycles. The van der Waals surface area contributed by atoms with Crippen LogP contribution in [0.2, 0.25) is 0 Å². The van der Waals surface area contributed by atoms with E-state index in [4.69, 9.17) is 4.74 Å². The number of aromatic nitrogens is 1. The number of pyridine rings is 1. The molecule has 2 rings (SSSR count). The van der Waals surface area contributed by atoms with Crippen molar-refractivity contribution < 1.29 is 14.6 Å². The number of benzene rings is 1. The lowest BCUT2D eigenvalue weighted by molar-refractivity contribution is 0.0768. The molecule has 1 heterocycles. The molecule has 0 saturated carbocycles. The van der Waals surface area contributed by atoms with E-state index in [1.165, 1.54) is 0 Å². The number of aliphatic hydroxyl groups excluding tert-OH is 1. The minimum Gasteiger partial charge on any atom is -0.489 e. The second kappa shape index (κ2) is 8.29. The molecule has 0 spiro atoms. The third-order valence-electron chi connectivity index (χ3n) is 3.44. The minimum atomic E-state index is -0.417. The lowest BCUT2D eigenvalue weighted by Crippen LogP contribution is -2.29. The molecule has 1 aromatic carbocycles. The van der Waals surface area contributed by atoms with Crippen LogP contribution in [-0.4, -0.2) is 40.6 Å². The van der Waals surface area contributed by atoms with Crippen molar-refractivity contribution in [2.75, 3.05) is 13.6 Å². The van der Waals surface area contributed by atoms with Crippen molar-refractivity contribution in [3.05, 3.63) is 59.9 Å². The zero-order chi connectivity index (χ0) is 16.7. The van der Waals surface area contributed by atoms with E-state index in [2.05, 4.69) is 4.98 Å². The molecule has 2 aromatic rings. The largest absolute Gasteiger partial charge is 0.489 e. The van der Waals surface area contributed by atoms with Gasteiger partial charge in [0.05, 0.1) is 6.10 Å². The molecule has 1 aromatic heterocycles. The fraction of sp³-hybridized carbons (Fsp3) is 0.333. The Hall–Kier alpha value is -2.40. The molecular formula is C18H22N2O3. The van der Waals surface area contributed by atoms with E-state index >= 15 is 0 Å². The van der Waals surface area contributed by atoms with Crippen LogP contribution in [0.1, 0.15) is 29.3 Å². The molecule has 1 atom stereocenters. The van der Waals surface area contributed by atoms with Gasteiger partial charge in [-0.25, -0.2) is 0 Å². The molecule has 5 nitrogen and oxygen atoms in total. The zero-order valence-corrected chi connectivity index (χ0v) is 13.5. The second-order valence-electron chi connectivity index (χ2n) is 5.54. The van der Waals surface area contributed by atoms with Crippen molar-refractivity contribution in [2.24, 2.45) is 0 Å². The van der Waals surface area contributed by atoms with E-state index in [1.807, 2.05) is 18.2 Å². The van der Waals surface area contributed by atoms with Gasteiger partial charge in [0.1, 0.15) is 12.4 Å². The SMILES string of the molecule is CC(O)CCN(C)C(=O)c1cccc(OCc2cccnc2)c1. The predicted octanol–water partition coefficient (Wildman–Crippen LogP) is 2.50. The molecular weight excluding hydrogens is 292 g/mol. The first-order valence-corrected chi connectivity index (χ1v) is 7.61. The van der Waals surface area contributed by atoms with E-state index in [0.717, 1.165) is 5.56 Å². The summed E-state index contributed by atoms with van der Waals surface area (Å²) >= 11 is 0. The summed E-state index contributed by atoms with van der Waals surface area (Å²) in [5.74, 6) is 0.557. The smallest absolute Gasteiger partial charge is 0.253 e. The number of carbonyl (C=O) groups is 1. The fourth-order valence-corrected chi connectivity index (χ4v) is 2.07. The predicted molar refractivity (Wildman–Crippen MR) is 88.3 cm³/mol. The molecule has 23 heavy (non-hydrogen) atoms. The Bertz CT molecular complexity index is 629. The topological polar surface area (TPSA) is 62.7 Å². The summed E-state index contributed by atoms with van der Waals surface area (Å²) in [5, 5.41) is 9.31. The zero-order valence-electron chi connectivity index (χ0n) is 13.5. The maximum Gasteiger partial charge on any atom is 0.253 e. The Morgan fingerprint density at radius 2 is 2.17 bits per heavy atom. The van der Waals surface area contributed by atoms with Gasteiger partial charge < -0.3 is 14.7 Å². The number of carbonyl (C=O) groups excluding carboxylic acids is 1. The van der Waals surface area contributed by atoms with Crippen LogP contribution in [0.4, 0.5) is 0 Å². The molecule has 1 N–H and O–H groups in total. The number of hydrogen-bond donors (Lipinski definition) is 1. The Labute approximate surface area is 136 Å². The van der Waals surface area contributed by atoms with E-state index in [1.54, 1.807) is 49.5 Å². The fourth-order valence-electron chi connectivity index (χ4n) is 2.07. The first-order chi connectivity index (χ1) is 11.1. The highest BCUT2D eigenvalue weighted by molar-refractivity contribution is 5.94. The van der Waals surface area contributed by atoms with Gasteiger partial charge in [-0.2, -0.15) is 0 Å². The van der Waals surface area contributed by atoms with Crippen LogP contribution >= 0.6 is 0 Å². The van der Waals surface area contributed by atoms with Crippen molar-refractivity contribution in [3.63, 3.8) is 0 Å². The molecule has 0 fully saturated rings. The molecule has 0 aliphatic rings. The maximum absolute atomic E-state index is 12.4. The van der Waals surface area contributed by atoms with Crippen LogP contribution in [0.5, 0.6) is 5.75 Å². The lowest BCUT2D eigenvalue weighted by atomic mass is 10.2. The number of nitrogens with zero attached hydrogens (tertiary/aromatic N) is 2. The molecule has 0 saturated heterocycles. The number of hydrogen-bond acceptors (Lipinski definition) is 4. The van der Waals surface area contributed by atoms with Crippen molar-refractivity contribution in [1.29, 1.82) is 0 Å². The van der Waals surface area contributed by atoms with Gasteiger partial charge in [-0.05, 0) is 37.6 Å². The molecule has 5 heteroatoms. The summed E-state index contributed by atoms with van der Waals surface area (Å²) in [6.45, 7) is 2.63. The third-order valence-corrected chi connectivity index (χ3v) is 3.44. The highest BCUT2D eigenvalue weighted by Gasteiger charge is 2.13. The van der Waals surface area contributed by atoms with Gasteiger partial charge >= 0.3 is 0 Å². The van der Waals surface area contributed by atoms with Crippen molar-refractivity contribution in [3.8, 4) is 5.75 Å². The monoisotopic (exact) mass is 314 g/mol. The summed E-state index contributed by atoms with van der Waals surface area (Å²) in [6, 6.07) is 10.9. The molecule has 122 valence electrons. The average molecular weight is 314 g/mol. The first-order valence-electron chi connectivity index (χ1n) is 7.61. The van der Waals surface area contributed by atoms with Gasteiger partial charge in [-0.15, -0.1) is 0 Å². The van der Waals surface area contributed by atoms with Crippen LogP contribution in [-0.2, 0) is 6.61 Å². The molecule has 0 aliphatic carbocycles. The van der Waals surface area contributed by atoms with Crippen LogP contribution in [0, 0.1) is 0 Å². The van der Waals surface area contributed by atoms with Crippen LogP contribution in [0.15, 0.2) is 48.8 Å². The van der Waals surface area contributed by atoms with E-state index in [-0.39, 0.29) is 5.91 Å². The van der Waals surface area contributed by atoms with Gasteiger partial charge in [0.2, 0.25) is 0 Å². The molecule has 0 radical (unpaired) electrons. The minimum absolute atomic E-state index is 0.0857. The number of rotatable bonds is 7. The molecule has 1 unspecified atom stereocenters. The summed E-state index contributed by atoms with van der Waals surface area (Å²) in [5.41, 5.74) is 1.54. The number of ether oxygens (including phenoxy) is 1. The van der Waals surface area contributed by atoms with E-state index in [9.17, 15) is 9.90 Å². The van der Waals surface area contributed by atoms with Gasteiger partial charge in [-0.1, -0.05) is 12.1 Å². The average Bonchev–Trinajstić information content (AvgIpc) is 2.58. The summed E-state index contributed by atoms with van der Waals surface area (Å²) < 4.78 is 5.71. The van der Waals surface area contributed by atoms with Crippen LogP contribution < -0.4 is 4.74 Å². The van der Waals surface area contributed by atoms with E-state index < -0.39 is 6.10 Å². The first kappa shape index (κ1) is 17.0. The highest BCUT2D eigenvalue weighted by atomic mass is 16.5. The Kier molecular flexibility index (Phi) is 6.11. The van der Waals surface area contributed by atoms with Gasteiger partial charge in [0, 0.05) is 37.1 Å². The summed E-state index contributed by atoms with van der Waals surface area (Å²) in [4.78, 5) is 18.0. The number of amides is 1. The Balaban J connectivity index is 1.97. The van der Waals surface area contributed by atoms with Crippen molar-refractivity contribution >= 4 is 5.91 Å². The van der Waals surface area contributed by atoms with Gasteiger partial charge in [-0.3, -0.25) is 9.78 Å². The summed E-state index contributed by atoms with van der Waals surface area (Å²) in [6.07, 6.45) is 3.60. The number of aliphatic hydroxyl groups is 1. The van der Waals surface area contributed by atoms with Crippen LogP contribution in [0.3, 0.4) is 0 Å². The van der Waals surface area contributed by atoms with Crippen LogP contribution in [0.25, 0.3) is 0 Å². The second-order valence-corrected chi connectivity index (χ2v) is 5.54. The normalized spacial score (nSPS) is 11.8. The highest BCUT2D eigenvalue weighted by Crippen LogP contribution is 2.16. The molecule has 1 amide bonds. The van der Waals surface area contributed by atoms with Crippen molar-refractivity contribution in [1.82, 2.24) is 9.88 Å². The van der Waals surface area contributed by atoms with Gasteiger partial charge in [0.15, 0.2) is 0 Å². The third kappa shape index (κ3) is 5.38. The maximum atomic E-state index is 12.4. The van der Waals surface area contributed by atoms with Gasteiger partial charge in [0.25, 0.3) is 5.91 Å². The standard InChI is InChI=1S/C18H22N2O3/c1-14(21)8-10-20(2)18(22)16-6-3-7-17(11-16)23-13-15-5-4-9-19-12-15/h3-7,9,11-12,14,21H,8,10,13H2,1-2H3. The van der Waals surface area contributed by atoms with E-state index in [0.29, 0.717) is 30.9 Å². The lowest BCUT2D eigenvalue weighted by Gasteiger charge is -2.18. The summed E-state index contributed by atoms with van der Waals surface area (Å²) in [7, 11) is 1.73. The quantitative estimate of drug-likeness (QED) is 0.853.